The van der Waals surface area contributed by atoms with E-state index in [1.54, 1.807) is 18.2 Å². The number of carbonyl (C=O) groups excluding carboxylic acids is 1. The first kappa shape index (κ1) is 8.94. The molecule has 2 nitrogen and oxygen atoms in total. The summed E-state index contributed by atoms with van der Waals surface area (Å²) in [6.07, 6.45) is 1.76. The van der Waals surface area contributed by atoms with Gasteiger partial charge in [0.05, 0.1) is 0 Å². The van der Waals surface area contributed by atoms with Gasteiger partial charge >= 0.3 is 0 Å². The van der Waals surface area contributed by atoms with Crippen LogP contribution in [0.15, 0.2) is 24.4 Å². The number of nitrogens with one attached hydrogen (secondary N) is 1. The van der Waals surface area contributed by atoms with Gasteiger partial charge in [0.1, 0.15) is 5.82 Å². The number of benzene rings is 1. The minimum absolute atomic E-state index is 0.0712. The third kappa shape index (κ3) is 1.31. The number of halogens is 1. The molecule has 0 bridgehead atoms. The molecule has 1 aromatic carbocycles. The van der Waals surface area contributed by atoms with Crippen LogP contribution in [0.2, 0.25) is 0 Å². The molecule has 2 aromatic rings. The highest BCUT2D eigenvalue weighted by Crippen LogP contribution is 2.18. The molecule has 0 saturated carbocycles. The maximum absolute atomic E-state index is 13.0. The zero-order chi connectivity index (χ0) is 10.1. The predicted molar refractivity (Wildman–Crippen MR) is 52.9 cm³/mol. The third-order valence-corrected chi connectivity index (χ3v) is 2.27. The number of H-pyrrole nitrogens is 1. The van der Waals surface area contributed by atoms with E-state index in [0.29, 0.717) is 22.9 Å². The molecule has 0 radical (unpaired) electrons. The van der Waals surface area contributed by atoms with Crippen LogP contribution in [0.1, 0.15) is 23.7 Å². The van der Waals surface area contributed by atoms with Crippen LogP contribution in [0.5, 0.6) is 0 Å². The lowest BCUT2D eigenvalue weighted by molar-refractivity contribution is 0.0988. The van der Waals surface area contributed by atoms with Gasteiger partial charge in [0.15, 0.2) is 5.78 Å². The Labute approximate surface area is 80.7 Å². The summed E-state index contributed by atoms with van der Waals surface area (Å²) >= 11 is 0. The Morgan fingerprint density at radius 2 is 2.29 bits per heavy atom. The largest absolute Gasteiger partial charge is 0.359 e. The molecule has 0 aliphatic carbocycles. The van der Waals surface area contributed by atoms with Crippen LogP contribution in [0.4, 0.5) is 4.39 Å². The number of hydrogen-bond donors (Lipinski definition) is 1. The number of carbonyl (C=O) groups is 1. The van der Waals surface area contributed by atoms with Crippen LogP contribution in [0.25, 0.3) is 10.9 Å². The summed E-state index contributed by atoms with van der Waals surface area (Å²) in [5.41, 5.74) is 1.30. The van der Waals surface area contributed by atoms with Gasteiger partial charge in [-0.1, -0.05) is 13.0 Å². The van der Waals surface area contributed by atoms with Gasteiger partial charge in [0.2, 0.25) is 0 Å². The van der Waals surface area contributed by atoms with Crippen LogP contribution in [-0.4, -0.2) is 10.8 Å². The zero-order valence-electron chi connectivity index (χ0n) is 7.80. The Hall–Kier alpha value is -1.64. The second-order valence-electron chi connectivity index (χ2n) is 3.17. The summed E-state index contributed by atoms with van der Waals surface area (Å²) < 4.78 is 13.0. The molecule has 1 N–H and O–H groups in total. The minimum atomic E-state index is -0.282. The number of aromatic nitrogens is 1. The molecule has 0 atom stereocenters. The second kappa shape index (κ2) is 3.25. The smallest absolute Gasteiger partial charge is 0.162 e. The Morgan fingerprint density at radius 1 is 1.50 bits per heavy atom. The van der Waals surface area contributed by atoms with E-state index < -0.39 is 0 Å². The molecule has 1 aromatic heterocycles. The number of ketones is 1. The zero-order valence-corrected chi connectivity index (χ0v) is 7.80. The maximum atomic E-state index is 13.0. The lowest BCUT2D eigenvalue weighted by Crippen LogP contribution is -1.95. The molecule has 2 rings (SSSR count). The molecular weight excluding hydrogens is 181 g/mol. The lowest BCUT2D eigenvalue weighted by atomic mass is 10.1. The molecule has 0 spiro atoms. The van der Waals surface area contributed by atoms with E-state index in [1.807, 2.05) is 6.92 Å². The minimum Gasteiger partial charge on any atom is -0.359 e. The summed E-state index contributed by atoms with van der Waals surface area (Å²) in [5.74, 6) is -0.211. The Morgan fingerprint density at radius 3 is 3.00 bits per heavy atom. The van der Waals surface area contributed by atoms with Gasteiger partial charge in [-0.15, -0.1) is 0 Å². The summed E-state index contributed by atoms with van der Waals surface area (Å²) in [4.78, 5) is 14.1. The van der Waals surface area contributed by atoms with Crippen molar-refractivity contribution in [1.29, 1.82) is 0 Å². The van der Waals surface area contributed by atoms with Crippen molar-refractivity contribution in [2.45, 2.75) is 13.3 Å². The standard InChI is InChI=1S/C11H10FNO/c1-2-11(14)7-3-4-8-9(12)6-13-10(8)5-7/h3-6,13H,2H2,1H3. The van der Waals surface area contributed by atoms with Crippen LogP contribution >= 0.6 is 0 Å². The molecule has 14 heavy (non-hydrogen) atoms. The molecule has 0 unspecified atom stereocenters. The molecule has 3 heteroatoms. The highest BCUT2D eigenvalue weighted by atomic mass is 19.1. The molecule has 0 aliphatic rings. The normalized spacial score (nSPS) is 10.7. The fourth-order valence-corrected chi connectivity index (χ4v) is 1.47. The molecule has 0 amide bonds. The Bertz CT molecular complexity index is 487. The van der Waals surface area contributed by atoms with Crippen molar-refractivity contribution in [3.8, 4) is 0 Å². The SMILES string of the molecule is CCC(=O)c1ccc2c(F)c[nH]c2c1. The highest BCUT2D eigenvalue weighted by Gasteiger charge is 2.07. The monoisotopic (exact) mass is 191 g/mol. The Kier molecular flexibility index (Phi) is 2.08. The average molecular weight is 191 g/mol. The molecule has 0 saturated heterocycles. The van der Waals surface area contributed by atoms with E-state index in [-0.39, 0.29) is 11.6 Å². The van der Waals surface area contributed by atoms with Gasteiger partial charge in [-0.25, -0.2) is 4.39 Å². The number of aromatic amines is 1. The van der Waals surface area contributed by atoms with Crippen LogP contribution < -0.4 is 0 Å². The maximum Gasteiger partial charge on any atom is 0.162 e. The third-order valence-electron chi connectivity index (χ3n) is 2.27. The predicted octanol–water partition coefficient (Wildman–Crippen LogP) is 2.90. The van der Waals surface area contributed by atoms with Gasteiger partial charge in [0, 0.05) is 29.1 Å². The molecule has 72 valence electrons. The summed E-state index contributed by atoms with van der Waals surface area (Å²) in [5, 5.41) is 0.526. The molecule has 0 fully saturated rings. The van der Waals surface area contributed by atoms with Crippen molar-refractivity contribution in [3.63, 3.8) is 0 Å². The van der Waals surface area contributed by atoms with E-state index in [2.05, 4.69) is 4.98 Å². The van der Waals surface area contributed by atoms with Gasteiger partial charge in [0.25, 0.3) is 0 Å². The van der Waals surface area contributed by atoms with Gasteiger partial charge in [-0.3, -0.25) is 4.79 Å². The fraction of sp³-hybridized carbons (Fsp3) is 0.182. The number of rotatable bonds is 2. The molecular formula is C11H10FNO. The fourth-order valence-electron chi connectivity index (χ4n) is 1.47. The van der Waals surface area contributed by atoms with Crippen LogP contribution in [0.3, 0.4) is 0 Å². The first-order valence-corrected chi connectivity index (χ1v) is 4.52. The first-order chi connectivity index (χ1) is 6.72. The number of fused-ring (bicyclic) bond motifs is 1. The van der Waals surface area contributed by atoms with E-state index in [9.17, 15) is 9.18 Å². The van der Waals surface area contributed by atoms with Crippen molar-refractivity contribution >= 4 is 16.7 Å². The van der Waals surface area contributed by atoms with E-state index in [1.165, 1.54) is 6.20 Å². The quantitative estimate of drug-likeness (QED) is 0.727. The van der Waals surface area contributed by atoms with Crippen molar-refractivity contribution in [3.05, 3.63) is 35.8 Å². The first-order valence-electron chi connectivity index (χ1n) is 4.52. The van der Waals surface area contributed by atoms with E-state index in [0.717, 1.165) is 0 Å². The summed E-state index contributed by atoms with van der Waals surface area (Å²) in [7, 11) is 0. The summed E-state index contributed by atoms with van der Waals surface area (Å²) in [6.45, 7) is 1.81. The van der Waals surface area contributed by atoms with Crippen LogP contribution in [0, 0.1) is 5.82 Å². The van der Waals surface area contributed by atoms with Crippen LogP contribution in [-0.2, 0) is 0 Å². The topological polar surface area (TPSA) is 32.9 Å². The molecule has 1 heterocycles. The average Bonchev–Trinajstić information content (AvgIpc) is 2.59. The highest BCUT2D eigenvalue weighted by molar-refractivity contribution is 5.99. The lowest BCUT2D eigenvalue weighted by Gasteiger charge is -1.97. The van der Waals surface area contributed by atoms with Crippen molar-refractivity contribution < 1.29 is 9.18 Å². The van der Waals surface area contributed by atoms with Gasteiger partial charge in [-0.05, 0) is 12.1 Å². The Balaban J connectivity index is 2.57. The second-order valence-corrected chi connectivity index (χ2v) is 3.17. The van der Waals surface area contributed by atoms with Crippen molar-refractivity contribution in [1.82, 2.24) is 4.98 Å². The molecule has 0 aliphatic heterocycles. The number of Topliss-reactive ketones (excluding diaryl/α,β-unsaturated/α-hetero) is 1. The van der Waals surface area contributed by atoms with Crippen molar-refractivity contribution in [2.24, 2.45) is 0 Å². The number of hydrogen-bond acceptors (Lipinski definition) is 1. The van der Waals surface area contributed by atoms with Crippen molar-refractivity contribution in [2.75, 3.05) is 0 Å². The van der Waals surface area contributed by atoms with Gasteiger partial charge in [-0.2, -0.15) is 0 Å². The van der Waals surface area contributed by atoms with Gasteiger partial charge < -0.3 is 4.98 Å². The van der Waals surface area contributed by atoms with E-state index >= 15 is 0 Å². The van der Waals surface area contributed by atoms with E-state index in [4.69, 9.17) is 0 Å². The summed E-state index contributed by atoms with van der Waals surface area (Å²) in [6, 6.07) is 4.97.